The van der Waals surface area contributed by atoms with Crippen LogP contribution in [0.3, 0.4) is 0 Å². The van der Waals surface area contributed by atoms with E-state index in [9.17, 15) is 5.11 Å². The number of aliphatic hydroxyl groups excluding tert-OH is 1. The number of hydrogen-bond acceptors (Lipinski definition) is 3. The van der Waals surface area contributed by atoms with Crippen LogP contribution < -0.4 is 4.90 Å². The van der Waals surface area contributed by atoms with E-state index < -0.39 is 6.10 Å². The molecule has 0 aliphatic carbocycles. The predicted octanol–water partition coefficient (Wildman–Crippen LogP) is 3.81. The first-order valence-corrected chi connectivity index (χ1v) is 8.90. The van der Waals surface area contributed by atoms with Gasteiger partial charge in [0.1, 0.15) is 0 Å². The van der Waals surface area contributed by atoms with E-state index in [1.165, 1.54) is 16.8 Å². The van der Waals surface area contributed by atoms with E-state index in [4.69, 9.17) is 11.6 Å². The fourth-order valence-corrected chi connectivity index (χ4v) is 3.60. The number of aliphatic hydroxyl groups is 1. The molecule has 24 heavy (non-hydrogen) atoms. The van der Waals surface area contributed by atoms with E-state index in [0.717, 1.165) is 31.7 Å². The topological polar surface area (TPSA) is 26.7 Å². The molecule has 1 heterocycles. The summed E-state index contributed by atoms with van der Waals surface area (Å²) < 4.78 is 0. The zero-order valence-corrected chi connectivity index (χ0v) is 15.1. The number of anilines is 1. The Morgan fingerprint density at radius 2 is 1.71 bits per heavy atom. The summed E-state index contributed by atoms with van der Waals surface area (Å²) in [4.78, 5) is 4.76. The van der Waals surface area contributed by atoms with Crippen molar-refractivity contribution in [1.82, 2.24) is 4.90 Å². The van der Waals surface area contributed by atoms with E-state index in [2.05, 4.69) is 41.8 Å². The van der Waals surface area contributed by atoms with Crippen LogP contribution in [0.1, 0.15) is 22.8 Å². The van der Waals surface area contributed by atoms with Crippen molar-refractivity contribution < 1.29 is 5.11 Å². The maximum atomic E-state index is 10.5. The van der Waals surface area contributed by atoms with Crippen molar-refractivity contribution in [2.24, 2.45) is 0 Å². The summed E-state index contributed by atoms with van der Waals surface area (Å²) in [6.45, 7) is 8.86. The number of β-amino-alcohol motifs (C(OH)–C–C–N with tert-alkyl or cyclic N) is 1. The minimum atomic E-state index is -0.536. The van der Waals surface area contributed by atoms with Crippen LogP contribution in [0, 0.1) is 13.8 Å². The largest absolute Gasteiger partial charge is 0.387 e. The van der Waals surface area contributed by atoms with Crippen LogP contribution in [-0.2, 0) is 0 Å². The molecule has 2 aromatic carbocycles. The Bertz CT molecular complexity index is 696. The molecule has 1 aliphatic heterocycles. The molecule has 2 aromatic rings. The quantitative estimate of drug-likeness (QED) is 0.913. The maximum absolute atomic E-state index is 10.5. The number of hydrogen-bond donors (Lipinski definition) is 1. The molecular formula is C20H25ClN2O. The van der Waals surface area contributed by atoms with Gasteiger partial charge in [0, 0.05) is 49.0 Å². The average molecular weight is 345 g/mol. The molecule has 1 fully saturated rings. The average Bonchev–Trinajstić information content (AvgIpc) is 2.58. The zero-order valence-electron chi connectivity index (χ0n) is 14.4. The maximum Gasteiger partial charge on any atom is 0.0931 e. The predicted molar refractivity (Wildman–Crippen MR) is 101 cm³/mol. The molecule has 1 N–H and O–H groups in total. The number of aryl methyl sites for hydroxylation is 1. The van der Waals surface area contributed by atoms with E-state index in [1.807, 2.05) is 24.3 Å². The number of piperazine rings is 1. The highest BCUT2D eigenvalue weighted by Crippen LogP contribution is 2.26. The molecule has 0 unspecified atom stereocenters. The monoisotopic (exact) mass is 344 g/mol. The van der Waals surface area contributed by atoms with Gasteiger partial charge in [0.05, 0.1) is 6.10 Å². The molecular weight excluding hydrogens is 320 g/mol. The lowest BCUT2D eigenvalue weighted by molar-refractivity contribution is 0.109. The first-order chi connectivity index (χ1) is 11.6. The molecule has 3 nitrogen and oxygen atoms in total. The van der Waals surface area contributed by atoms with E-state index in [0.29, 0.717) is 11.6 Å². The van der Waals surface area contributed by atoms with Crippen LogP contribution in [0.4, 0.5) is 5.69 Å². The van der Waals surface area contributed by atoms with Gasteiger partial charge in [0.25, 0.3) is 0 Å². The first kappa shape index (κ1) is 17.3. The van der Waals surface area contributed by atoms with Crippen molar-refractivity contribution in [1.29, 1.82) is 0 Å². The van der Waals surface area contributed by atoms with Gasteiger partial charge < -0.3 is 10.0 Å². The summed E-state index contributed by atoms with van der Waals surface area (Å²) in [6, 6.07) is 14.0. The fraction of sp³-hybridized carbons (Fsp3) is 0.400. The van der Waals surface area contributed by atoms with Crippen LogP contribution in [0.25, 0.3) is 0 Å². The second kappa shape index (κ2) is 7.56. The van der Waals surface area contributed by atoms with Gasteiger partial charge in [-0.3, -0.25) is 4.90 Å². The minimum Gasteiger partial charge on any atom is -0.387 e. The lowest BCUT2D eigenvalue weighted by Crippen LogP contribution is -2.47. The molecule has 0 aromatic heterocycles. The number of rotatable bonds is 4. The van der Waals surface area contributed by atoms with Crippen molar-refractivity contribution in [2.45, 2.75) is 20.0 Å². The van der Waals surface area contributed by atoms with Gasteiger partial charge >= 0.3 is 0 Å². The van der Waals surface area contributed by atoms with Gasteiger partial charge in [0.2, 0.25) is 0 Å². The molecule has 3 rings (SSSR count). The van der Waals surface area contributed by atoms with Crippen LogP contribution >= 0.6 is 11.6 Å². The Hall–Kier alpha value is -1.55. The van der Waals surface area contributed by atoms with Crippen LogP contribution in [0.2, 0.25) is 5.02 Å². The fourth-order valence-electron chi connectivity index (χ4n) is 3.34. The Kier molecular flexibility index (Phi) is 5.44. The Balaban J connectivity index is 1.59. The molecule has 0 radical (unpaired) electrons. The normalized spacial score (nSPS) is 17.1. The summed E-state index contributed by atoms with van der Waals surface area (Å²) in [5.74, 6) is 0. The van der Waals surface area contributed by atoms with Gasteiger partial charge in [-0.1, -0.05) is 41.9 Å². The molecule has 1 atom stereocenters. The van der Waals surface area contributed by atoms with Crippen molar-refractivity contribution in [2.75, 3.05) is 37.6 Å². The molecule has 0 amide bonds. The lowest BCUT2D eigenvalue weighted by Gasteiger charge is -2.37. The molecule has 0 saturated carbocycles. The van der Waals surface area contributed by atoms with Crippen molar-refractivity contribution in [3.8, 4) is 0 Å². The minimum absolute atomic E-state index is 0.536. The second-order valence-corrected chi connectivity index (χ2v) is 6.95. The highest BCUT2D eigenvalue weighted by atomic mass is 35.5. The first-order valence-electron chi connectivity index (χ1n) is 8.52. The SMILES string of the molecule is Cc1cccc(N2CCN(C[C@H](O)c3ccccc3Cl)CC2)c1C. The Labute approximate surface area is 149 Å². The van der Waals surface area contributed by atoms with Crippen LogP contribution in [0.15, 0.2) is 42.5 Å². The van der Waals surface area contributed by atoms with Gasteiger partial charge in [-0.25, -0.2) is 0 Å². The summed E-state index contributed by atoms with van der Waals surface area (Å²) in [5, 5.41) is 11.1. The van der Waals surface area contributed by atoms with Gasteiger partial charge in [-0.05, 0) is 37.1 Å². The molecule has 0 bridgehead atoms. The third-order valence-electron chi connectivity index (χ3n) is 4.98. The van der Waals surface area contributed by atoms with E-state index in [-0.39, 0.29) is 0 Å². The highest BCUT2D eigenvalue weighted by Gasteiger charge is 2.22. The van der Waals surface area contributed by atoms with Crippen LogP contribution in [-0.4, -0.2) is 42.7 Å². The van der Waals surface area contributed by atoms with Gasteiger partial charge in [0.15, 0.2) is 0 Å². The van der Waals surface area contributed by atoms with Crippen molar-refractivity contribution >= 4 is 17.3 Å². The lowest BCUT2D eigenvalue weighted by atomic mass is 10.1. The van der Waals surface area contributed by atoms with Gasteiger partial charge in [-0.2, -0.15) is 0 Å². The third kappa shape index (κ3) is 3.75. The Morgan fingerprint density at radius 1 is 1.00 bits per heavy atom. The third-order valence-corrected chi connectivity index (χ3v) is 5.33. The summed E-state index contributed by atoms with van der Waals surface area (Å²) >= 11 is 6.19. The van der Waals surface area contributed by atoms with E-state index >= 15 is 0 Å². The molecule has 4 heteroatoms. The number of benzene rings is 2. The summed E-state index contributed by atoms with van der Waals surface area (Å²) in [7, 11) is 0. The zero-order chi connectivity index (χ0) is 17.1. The van der Waals surface area contributed by atoms with Crippen LogP contribution in [0.5, 0.6) is 0 Å². The second-order valence-electron chi connectivity index (χ2n) is 6.54. The highest BCUT2D eigenvalue weighted by molar-refractivity contribution is 6.31. The molecule has 0 spiro atoms. The molecule has 1 aliphatic rings. The standard InChI is InChI=1S/C20H25ClN2O/c1-15-6-5-9-19(16(15)2)23-12-10-22(11-13-23)14-20(24)17-7-3-4-8-18(17)21/h3-9,20,24H,10-14H2,1-2H3/t20-/m0/s1. The Morgan fingerprint density at radius 3 is 2.42 bits per heavy atom. The number of nitrogens with zero attached hydrogens (tertiary/aromatic N) is 2. The number of halogens is 1. The van der Waals surface area contributed by atoms with Crippen molar-refractivity contribution in [3.63, 3.8) is 0 Å². The van der Waals surface area contributed by atoms with Crippen molar-refractivity contribution in [3.05, 3.63) is 64.2 Å². The van der Waals surface area contributed by atoms with E-state index in [1.54, 1.807) is 0 Å². The smallest absolute Gasteiger partial charge is 0.0931 e. The molecule has 128 valence electrons. The summed E-state index contributed by atoms with van der Waals surface area (Å²) in [5.41, 5.74) is 4.85. The summed E-state index contributed by atoms with van der Waals surface area (Å²) in [6.07, 6.45) is -0.536. The van der Waals surface area contributed by atoms with Gasteiger partial charge in [-0.15, -0.1) is 0 Å². The molecule has 1 saturated heterocycles.